The highest BCUT2D eigenvalue weighted by Crippen LogP contribution is 2.34. The van der Waals surface area contributed by atoms with Crippen molar-refractivity contribution in [2.45, 2.75) is 52.6 Å². The average Bonchev–Trinajstić information content (AvgIpc) is 3.32. The van der Waals surface area contributed by atoms with E-state index in [0.29, 0.717) is 13.1 Å². The van der Waals surface area contributed by atoms with Gasteiger partial charge in [0.1, 0.15) is 5.69 Å². The summed E-state index contributed by atoms with van der Waals surface area (Å²) in [6.07, 6.45) is 0.931. The number of rotatable bonds is 5. The molecule has 0 unspecified atom stereocenters. The van der Waals surface area contributed by atoms with Gasteiger partial charge < -0.3 is 20.4 Å². The molecule has 1 fully saturated rings. The smallest absolute Gasteiger partial charge is 0.317 e. The number of anilines is 2. The predicted octanol–water partition coefficient (Wildman–Crippen LogP) is 4.30. The second-order valence-corrected chi connectivity index (χ2v) is 10.3. The summed E-state index contributed by atoms with van der Waals surface area (Å²) in [6.45, 7) is 13.4. The summed E-state index contributed by atoms with van der Waals surface area (Å²) in [6, 6.07) is 10.4. The van der Waals surface area contributed by atoms with Crippen LogP contribution in [-0.4, -0.2) is 63.3 Å². The zero-order chi connectivity index (χ0) is 22.9. The molecule has 0 spiro atoms. The third-order valence-corrected chi connectivity index (χ3v) is 6.52. The number of benzene rings is 1. The SMILES string of the molecule is CC[C@@H](C)NC(=O)N1CCN(c2nn3c(NC(C)(C)C)c(-c4ccccc4)nc3s2)CC1. The van der Waals surface area contributed by atoms with Crippen LogP contribution >= 0.6 is 11.3 Å². The molecule has 2 N–H and O–H groups in total. The molecule has 8 nitrogen and oxygen atoms in total. The van der Waals surface area contributed by atoms with Gasteiger partial charge in [0.15, 0.2) is 5.82 Å². The van der Waals surface area contributed by atoms with E-state index in [9.17, 15) is 4.79 Å². The van der Waals surface area contributed by atoms with E-state index in [2.05, 4.69) is 55.4 Å². The first-order chi connectivity index (χ1) is 15.2. The van der Waals surface area contributed by atoms with Crippen LogP contribution in [0.15, 0.2) is 30.3 Å². The maximum absolute atomic E-state index is 12.4. The molecule has 3 heterocycles. The van der Waals surface area contributed by atoms with Gasteiger partial charge in [0, 0.05) is 43.3 Å². The lowest BCUT2D eigenvalue weighted by Gasteiger charge is -2.34. The Hall–Kier alpha value is -2.81. The molecule has 0 bridgehead atoms. The molecule has 1 atom stereocenters. The van der Waals surface area contributed by atoms with Crippen LogP contribution in [0.25, 0.3) is 16.2 Å². The van der Waals surface area contributed by atoms with E-state index in [1.54, 1.807) is 11.3 Å². The van der Waals surface area contributed by atoms with Gasteiger partial charge in [0.25, 0.3) is 0 Å². The molecule has 3 aromatic rings. The number of carbonyl (C=O) groups is 1. The zero-order valence-electron chi connectivity index (χ0n) is 19.6. The van der Waals surface area contributed by atoms with Gasteiger partial charge in [-0.15, -0.1) is 5.10 Å². The number of piperazine rings is 1. The second kappa shape index (κ2) is 8.97. The predicted molar refractivity (Wildman–Crippen MR) is 132 cm³/mol. The maximum Gasteiger partial charge on any atom is 0.317 e. The lowest BCUT2D eigenvalue weighted by Crippen LogP contribution is -2.53. The van der Waals surface area contributed by atoms with Gasteiger partial charge in [-0.25, -0.2) is 9.78 Å². The number of urea groups is 1. The molecule has 1 saturated heterocycles. The monoisotopic (exact) mass is 455 g/mol. The van der Waals surface area contributed by atoms with Crippen molar-refractivity contribution >= 4 is 33.3 Å². The first-order valence-corrected chi connectivity index (χ1v) is 12.1. The normalized spacial score (nSPS) is 15.8. The number of carbonyl (C=O) groups excluding carboxylic acids is 1. The number of nitrogens with one attached hydrogen (secondary N) is 2. The average molecular weight is 456 g/mol. The summed E-state index contributed by atoms with van der Waals surface area (Å²) in [5.41, 5.74) is 1.86. The molecule has 1 aliphatic rings. The lowest BCUT2D eigenvalue weighted by molar-refractivity contribution is 0.190. The highest BCUT2D eigenvalue weighted by atomic mass is 32.1. The van der Waals surface area contributed by atoms with Crippen LogP contribution in [-0.2, 0) is 0 Å². The van der Waals surface area contributed by atoms with Gasteiger partial charge in [-0.3, -0.25) is 0 Å². The Balaban J connectivity index is 1.55. The second-order valence-electron chi connectivity index (χ2n) is 9.36. The number of hydrogen-bond donors (Lipinski definition) is 2. The van der Waals surface area contributed by atoms with Gasteiger partial charge >= 0.3 is 6.03 Å². The largest absolute Gasteiger partial charge is 0.364 e. The van der Waals surface area contributed by atoms with E-state index >= 15 is 0 Å². The van der Waals surface area contributed by atoms with Crippen LogP contribution < -0.4 is 15.5 Å². The molecule has 2 amide bonds. The third kappa shape index (κ3) is 4.82. The number of aromatic nitrogens is 3. The van der Waals surface area contributed by atoms with Crippen LogP contribution in [0.2, 0.25) is 0 Å². The van der Waals surface area contributed by atoms with Crippen molar-refractivity contribution < 1.29 is 4.79 Å². The van der Waals surface area contributed by atoms with Crippen LogP contribution in [0, 0.1) is 0 Å². The fourth-order valence-corrected chi connectivity index (χ4v) is 4.59. The molecule has 1 aliphatic heterocycles. The standard InChI is InChI=1S/C23H33N7OS/c1-6-16(2)24-20(31)28-12-14-29(15-13-28)22-27-30-19(26-23(3,4)5)18(25-21(30)32-22)17-10-8-7-9-11-17/h7-11,16,26H,6,12-15H2,1-5H3,(H,24,31)/t16-/m1/s1. The molecule has 0 radical (unpaired) electrons. The number of fused-ring (bicyclic) bond motifs is 1. The maximum atomic E-state index is 12.4. The molecule has 172 valence electrons. The Morgan fingerprint density at radius 2 is 1.84 bits per heavy atom. The van der Waals surface area contributed by atoms with E-state index in [0.717, 1.165) is 46.7 Å². The molecule has 0 aliphatic carbocycles. The summed E-state index contributed by atoms with van der Waals surface area (Å²) in [4.78, 5) is 22.3. The zero-order valence-corrected chi connectivity index (χ0v) is 20.4. The number of amides is 2. The van der Waals surface area contributed by atoms with Crippen molar-refractivity contribution in [3.05, 3.63) is 30.3 Å². The first-order valence-electron chi connectivity index (χ1n) is 11.3. The molecule has 1 aromatic carbocycles. The van der Waals surface area contributed by atoms with E-state index < -0.39 is 0 Å². The summed E-state index contributed by atoms with van der Waals surface area (Å²) in [5, 5.41) is 12.5. The number of imidazole rings is 1. The van der Waals surface area contributed by atoms with E-state index in [4.69, 9.17) is 10.1 Å². The number of hydrogen-bond acceptors (Lipinski definition) is 6. The van der Waals surface area contributed by atoms with E-state index in [1.165, 1.54) is 0 Å². The van der Waals surface area contributed by atoms with Crippen molar-refractivity contribution in [1.29, 1.82) is 0 Å². The Bertz CT molecular complexity index is 1060. The van der Waals surface area contributed by atoms with Crippen molar-refractivity contribution in [2.24, 2.45) is 0 Å². The summed E-state index contributed by atoms with van der Waals surface area (Å²) in [7, 11) is 0. The fourth-order valence-electron chi connectivity index (χ4n) is 3.64. The Morgan fingerprint density at radius 1 is 1.16 bits per heavy atom. The molecule has 32 heavy (non-hydrogen) atoms. The fraction of sp³-hybridized carbons (Fsp3) is 0.522. The van der Waals surface area contributed by atoms with Crippen molar-refractivity contribution in [1.82, 2.24) is 24.8 Å². The summed E-state index contributed by atoms with van der Waals surface area (Å²) >= 11 is 1.59. The quantitative estimate of drug-likeness (QED) is 0.600. The minimum absolute atomic E-state index is 0.0251. The summed E-state index contributed by atoms with van der Waals surface area (Å²) < 4.78 is 1.93. The van der Waals surface area contributed by atoms with Gasteiger partial charge in [-0.2, -0.15) is 4.52 Å². The van der Waals surface area contributed by atoms with Crippen LogP contribution in [0.4, 0.5) is 15.7 Å². The Morgan fingerprint density at radius 3 is 2.47 bits per heavy atom. The van der Waals surface area contributed by atoms with Gasteiger partial charge in [-0.1, -0.05) is 48.6 Å². The highest BCUT2D eigenvalue weighted by molar-refractivity contribution is 7.20. The van der Waals surface area contributed by atoms with Crippen molar-refractivity contribution in [3.63, 3.8) is 0 Å². The van der Waals surface area contributed by atoms with Gasteiger partial charge in [0.2, 0.25) is 10.1 Å². The van der Waals surface area contributed by atoms with Gasteiger partial charge in [-0.05, 0) is 34.1 Å². The van der Waals surface area contributed by atoms with Crippen LogP contribution in [0.5, 0.6) is 0 Å². The molecular weight excluding hydrogens is 422 g/mol. The third-order valence-electron chi connectivity index (χ3n) is 5.55. The molecule has 2 aromatic heterocycles. The molecule has 9 heteroatoms. The molecular formula is C23H33N7OS. The molecule has 4 rings (SSSR count). The Labute approximate surface area is 193 Å². The number of nitrogens with zero attached hydrogens (tertiary/aromatic N) is 5. The van der Waals surface area contributed by atoms with E-state index in [-0.39, 0.29) is 17.6 Å². The lowest BCUT2D eigenvalue weighted by atomic mass is 10.1. The van der Waals surface area contributed by atoms with Crippen molar-refractivity contribution in [2.75, 3.05) is 36.4 Å². The highest BCUT2D eigenvalue weighted by Gasteiger charge is 2.26. The van der Waals surface area contributed by atoms with Crippen molar-refractivity contribution in [3.8, 4) is 11.3 Å². The summed E-state index contributed by atoms with van der Waals surface area (Å²) in [5.74, 6) is 0.910. The van der Waals surface area contributed by atoms with Crippen LogP contribution in [0.3, 0.4) is 0 Å². The van der Waals surface area contributed by atoms with E-state index in [1.807, 2.05) is 34.5 Å². The first kappa shape index (κ1) is 22.4. The van der Waals surface area contributed by atoms with Gasteiger partial charge in [0.05, 0.1) is 0 Å². The Kier molecular flexibility index (Phi) is 6.28. The van der Waals surface area contributed by atoms with Crippen LogP contribution in [0.1, 0.15) is 41.0 Å². The topological polar surface area (TPSA) is 77.8 Å². The minimum atomic E-state index is -0.127. The minimum Gasteiger partial charge on any atom is -0.364 e. The molecule has 0 saturated carbocycles.